The first kappa shape index (κ1) is 16.9. The number of nitrogens with zero attached hydrogens (tertiary/aromatic N) is 5. The van der Waals surface area contributed by atoms with E-state index in [1.807, 2.05) is 31.2 Å². The number of benzene rings is 1. The molecule has 2 fully saturated rings. The number of carbonyl (C=O) groups is 2. The third-order valence-corrected chi connectivity index (χ3v) is 5.50. The number of fused-ring (bicyclic) bond motifs is 1. The molecular weight excluding hydrogens is 356 g/mol. The highest BCUT2D eigenvalue weighted by Gasteiger charge is 2.35. The lowest BCUT2D eigenvalue weighted by Crippen LogP contribution is -2.51. The first-order valence-electron chi connectivity index (χ1n) is 9.42. The van der Waals surface area contributed by atoms with Crippen LogP contribution in [0.4, 0.5) is 0 Å². The molecular formula is C20H20N6O2. The summed E-state index contributed by atoms with van der Waals surface area (Å²) in [6.45, 7) is 3.06. The Morgan fingerprint density at radius 3 is 2.64 bits per heavy atom. The molecule has 1 saturated heterocycles. The third-order valence-electron chi connectivity index (χ3n) is 5.50. The van der Waals surface area contributed by atoms with Gasteiger partial charge < -0.3 is 10.6 Å². The van der Waals surface area contributed by atoms with Crippen LogP contribution in [0.15, 0.2) is 30.5 Å². The van der Waals surface area contributed by atoms with Crippen molar-refractivity contribution >= 4 is 22.7 Å². The van der Waals surface area contributed by atoms with Gasteiger partial charge in [-0.25, -0.2) is 4.68 Å². The summed E-state index contributed by atoms with van der Waals surface area (Å²) >= 11 is 0. The summed E-state index contributed by atoms with van der Waals surface area (Å²) in [6.07, 6.45) is 3.81. The van der Waals surface area contributed by atoms with Crippen molar-refractivity contribution in [3.63, 3.8) is 0 Å². The van der Waals surface area contributed by atoms with E-state index < -0.39 is 5.91 Å². The molecule has 3 aromatic rings. The van der Waals surface area contributed by atoms with E-state index in [1.54, 1.807) is 9.58 Å². The first-order valence-corrected chi connectivity index (χ1v) is 9.42. The number of hydrogen-bond acceptors (Lipinski definition) is 5. The van der Waals surface area contributed by atoms with E-state index in [4.69, 9.17) is 10.7 Å². The number of likely N-dealkylation sites (tertiary alicyclic amines) is 1. The molecule has 0 unspecified atom stereocenters. The maximum Gasteiger partial charge on any atom is 0.270 e. The maximum absolute atomic E-state index is 13.2. The van der Waals surface area contributed by atoms with Crippen LogP contribution >= 0.6 is 0 Å². The molecule has 1 saturated carbocycles. The minimum absolute atomic E-state index is 0.00212. The Morgan fingerprint density at radius 2 is 1.96 bits per heavy atom. The van der Waals surface area contributed by atoms with Gasteiger partial charge in [0, 0.05) is 30.1 Å². The number of hydrogen-bond donors (Lipinski definition) is 1. The van der Waals surface area contributed by atoms with Crippen LogP contribution in [0.25, 0.3) is 10.9 Å². The number of aromatic nitrogens is 4. The van der Waals surface area contributed by atoms with Crippen molar-refractivity contribution in [2.45, 2.75) is 31.7 Å². The molecule has 0 atom stereocenters. The quantitative estimate of drug-likeness (QED) is 0.747. The van der Waals surface area contributed by atoms with Crippen LogP contribution in [-0.4, -0.2) is 49.8 Å². The van der Waals surface area contributed by atoms with E-state index >= 15 is 0 Å². The Labute approximate surface area is 161 Å². The van der Waals surface area contributed by atoms with E-state index in [2.05, 4.69) is 10.3 Å². The van der Waals surface area contributed by atoms with Crippen LogP contribution in [-0.2, 0) is 0 Å². The fourth-order valence-corrected chi connectivity index (χ4v) is 3.65. The van der Waals surface area contributed by atoms with Gasteiger partial charge >= 0.3 is 0 Å². The molecule has 1 aliphatic carbocycles. The SMILES string of the molecule is Cc1ccc2nc(C3CC3)cc(C(=O)N3CC(n4cc(C(N)=O)nn4)C3)c2c1. The lowest BCUT2D eigenvalue weighted by molar-refractivity contribution is 0.0500. The number of amides is 2. The summed E-state index contributed by atoms with van der Waals surface area (Å²) in [5.41, 5.74) is 9.06. The minimum atomic E-state index is -0.607. The van der Waals surface area contributed by atoms with Crippen molar-refractivity contribution in [2.75, 3.05) is 13.1 Å². The van der Waals surface area contributed by atoms with E-state index in [9.17, 15) is 9.59 Å². The van der Waals surface area contributed by atoms with Gasteiger partial charge in [0.05, 0.1) is 23.3 Å². The molecule has 1 aromatic carbocycles. The first-order chi connectivity index (χ1) is 13.5. The number of rotatable bonds is 4. The topological polar surface area (TPSA) is 107 Å². The fourth-order valence-electron chi connectivity index (χ4n) is 3.65. The Morgan fingerprint density at radius 1 is 1.18 bits per heavy atom. The Kier molecular flexibility index (Phi) is 3.68. The molecule has 2 aromatic heterocycles. The van der Waals surface area contributed by atoms with E-state index in [0.29, 0.717) is 24.6 Å². The van der Waals surface area contributed by atoms with Crippen molar-refractivity contribution in [3.05, 3.63) is 53.0 Å². The van der Waals surface area contributed by atoms with Crippen molar-refractivity contribution in [2.24, 2.45) is 5.73 Å². The van der Waals surface area contributed by atoms with Crippen LogP contribution < -0.4 is 5.73 Å². The number of pyridine rings is 1. The van der Waals surface area contributed by atoms with Gasteiger partial charge in [-0.1, -0.05) is 16.8 Å². The predicted octanol–water partition coefficient (Wildman–Crippen LogP) is 1.81. The number of aryl methyl sites for hydroxylation is 1. The van der Waals surface area contributed by atoms with E-state index in [0.717, 1.165) is 35.0 Å². The Balaban J connectivity index is 1.41. The van der Waals surface area contributed by atoms with Crippen molar-refractivity contribution in [1.82, 2.24) is 24.9 Å². The highest BCUT2D eigenvalue weighted by atomic mass is 16.2. The van der Waals surface area contributed by atoms with Gasteiger partial charge in [0.1, 0.15) is 0 Å². The van der Waals surface area contributed by atoms with Crippen LogP contribution in [0, 0.1) is 6.92 Å². The largest absolute Gasteiger partial charge is 0.364 e. The van der Waals surface area contributed by atoms with Crippen molar-refractivity contribution < 1.29 is 9.59 Å². The van der Waals surface area contributed by atoms with Crippen molar-refractivity contribution in [3.8, 4) is 0 Å². The molecule has 5 rings (SSSR count). The molecule has 0 bridgehead atoms. The average molecular weight is 376 g/mol. The lowest BCUT2D eigenvalue weighted by Gasteiger charge is -2.39. The second-order valence-corrected chi connectivity index (χ2v) is 7.70. The molecule has 0 radical (unpaired) electrons. The van der Waals surface area contributed by atoms with E-state index in [1.165, 1.54) is 6.20 Å². The second-order valence-electron chi connectivity index (χ2n) is 7.70. The highest BCUT2D eigenvalue weighted by Crippen LogP contribution is 2.40. The van der Waals surface area contributed by atoms with Gasteiger partial charge in [0.15, 0.2) is 5.69 Å². The zero-order valence-electron chi connectivity index (χ0n) is 15.5. The fraction of sp³-hybridized carbons (Fsp3) is 0.350. The molecule has 1 aliphatic heterocycles. The van der Waals surface area contributed by atoms with Crippen molar-refractivity contribution in [1.29, 1.82) is 0 Å². The summed E-state index contributed by atoms with van der Waals surface area (Å²) in [5.74, 6) is -0.125. The van der Waals surface area contributed by atoms with Gasteiger partial charge in [-0.05, 0) is 38.0 Å². The Hall–Kier alpha value is -3.29. The Bertz CT molecular complexity index is 1110. The van der Waals surface area contributed by atoms with E-state index in [-0.39, 0.29) is 17.6 Å². The summed E-state index contributed by atoms with van der Waals surface area (Å²) in [6, 6.07) is 8.02. The van der Waals surface area contributed by atoms with Gasteiger partial charge in [0.25, 0.3) is 11.8 Å². The molecule has 8 heteroatoms. The minimum Gasteiger partial charge on any atom is -0.364 e. The second kappa shape index (κ2) is 6.12. The molecule has 142 valence electrons. The highest BCUT2D eigenvalue weighted by molar-refractivity contribution is 6.06. The zero-order chi connectivity index (χ0) is 19.4. The molecule has 8 nitrogen and oxygen atoms in total. The van der Waals surface area contributed by atoms with Gasteiger partial charge in [-0.3, -0.25) is 14.6 Å². The van der Waals surface area contributed by atoms with Gasteiger partial charge in [-0.15, -0.1) is 5.10 Å². The lowest BCUT2D eigenvalue weighted by atomic mass is 10.0. The van der Waals surface area contributed by atoms with Crippen LogP contribution in [0.3, 0.4) is 0 Å². The smallest absolute Gasteiger partial charge is 0.270 e. The standard InChI is InChI=1S/C20H20N6O2/c1-11-2-5-16-14(6-11)15(7-17(22-16)12-3-4-12)20(28)25-8-13(9-25)26-10-18(19(21)27)23-24-26/h2,5-7,10,12-13H,3-4,8-9H2,1H3,(H2,21,27). The maximum atomic E-state index is 13.2. The van der Waals surface area contributed by atoms with Crippen LogP contribution in [0.5, 0.6) is 0 Å². The molecule has 2 N–H and O–H groups in total. The molecule has 2 amide bonds. The number of nitrogens with two attached hydrogens (primary N) is 1. The average Bonchev–Trinajstić information content (AvgIpc) is 3.37. The molecule has 28 heavy (non-hydrogen) atoms. The molecule has 0 spiro atoms. The zero-order valence-corrected chi connectivity index (χ0v) is 15.5. The normalized spacial score (nSPS) is 17.0. The summed E-state index contributed by atoms with van der Waals surface area (Å²) in [7, 11) is 0. The van der Waals surface area contributed by atoms with Gasteiger partial charge in [0.2, 0.25) is 0 Å². The monoisotopic (exact) mass is 376 g/mol. The van der Waals surface area contributed by atoms with Crippen LogP contribution in [0.2, 0.25) is 0 Å². The predicted molar refractivity (Wildman–Crippen MR) is 102 cm³/mol. The molecule has 2 aliphatic rings. The number of carbonyl (C=O) groups excluding carboxylic acids is 2. The number of primary amides is 1. The van der Waals surface area contributed by atoms with Crippen LogP contribution in [0.1, 0.15) is 56.9 Å². The third kappa shape index (κ3) is 2.81. The summed E-state index contributed by atoms with van der Waals surface area (Å²) in [5, 5.41) is 8.61. The summed E-state index contributed by atoms with van der Waals surface area (Å²) in [4.78, 5) is 31.0. The summed E-state index contributed by atoms with van der Waals surface area (Å²) < 4.78 is 1.61. The molecule has 3 heterocycles. The van der Waals surface area contributed by atoms with Gasteiger partial charge in [-0.2, -0.15) is 0 Å².